The van der Waals surface area contributed by atoms with E-state index in [0.717, 1.165) is 22.8 Å². The Hall–Kier alpha value is -3.83. The van der Waals surface area contributed by atoms with E-state index in [9.17, 15) is 23.5 Å². The molecule has 11 heteroatoms. The molecule has 0 aliphatic rings. The van der Waals surface area contributed by atoms with Crippen molar-refractivity contribution in [2.45, 2.75) is 39.0 Å². The number of amides is 1. The summed E-state index contributed by atoms with van der Waals surface area (Å²) in [5.41, 5.74) is 0.0450. The maximum absolute atomic E-state index is 14.2. The Labute approximate surface area is 231 Å². The van der Waals surface area contributed by atoms with Crippen molar-refractivity contribution in [1.82, 2.24) is 15.0 Å². The summed E-state index contributed by atoms with van der Waals surface area (Å²) < 4.78 is 29.0. The summed E-state index contributed by atoms with van der Waals surface area (Å²) in [6.07, 6.45) is 2.01. The van der Waals surface area contributed by atoms with Crippen LogP contribution in [0.3, 0.4) is 0 Å². The molecule has 204 valence electrons. The summed E-state index contributed by atoms with van der Waals surface area (Å²) in [6, 6.07) is 13.9. The number of benzene rings is 2. The minimum absolute atomic E-state index is 0.0252. The number of hydrogen-bond donors (Lipinski definition) is 3. The van der Waals surface area contributed by atoms with Crippen molar-refractivity contribution >= 4 is 38.6 Å². The van der Waals surface area contributed by atoms with Gasteiger partial charge in [0.15, 0.2) is 5.65 Å². The number of carbonyl (C=O) groups is 1. The highest BCUT2D eigenvalue weighted by molar-refractivity contribution is 9.10. The maximum Gasteiger partial charge on any atom is 0.300 e. The van der Waals surface area contributed by atoms with Gasteiger partial charge in [-0.25, -0.2) is 13.8 Å². The number of pyridine rings is 2. The van der Waals surface area contributed by atoms with Gasteiger partial charge in [0.05, 0.1) is 11.8 Å². The standard InChI is InChI=1S/C28H27BrF2N4O4/c1-2-6-21(36)15-32-25-22-11-19(29)14-33-26(22)35(39-16-17-7-4-3-5-8-17)28(38)24(25)27(37)34-13-18-9-10-20(30)12-23(18)31/h3-5,7-12,14,21,32,36H,2,6,13,15-16H2,1H3,(H,34,37). The highest BCUT2D eigenvalue weighted by Gasteiger charge is 2.25. The van der Waals surface area contributed by atoms with Crippen LogP contribution in [0.15, 0.2) is 70.1 Å². The van der Waals surface area contributed by atoms with Gasteiger partial charge in [-0.2, -0.15) is 0 Å². The second-order valence-electron chi connectivity index (χ2n) is 8.88. The Morgan fingerprint density at radius 1 is 1.18 bits per heavy atom. The molecule has 8 nitrogen and oxygen atoms in total. The Bertz CT molecular complexity index is 1530. The van der Waals surface area contributed by atoms with Crippen molar-refractivity contribution in [3.8, 4) is 0 Å². The fourth-order valence-corrected chi connectivity index (χ4v) is 4.36. The van der Waals surface area contributed by atoms with Crippen LogP contribution in [0.5, 0.6) is 0 Å². The van der Waals surface area contributed by atoms with Crippen LogP contribution in [-0.2, 0) is 13.2 Å². The molecule has 0 fully saturated rings. The Morgan fingerprint density at radius 2 is 1.95 bits per heavy atom. The molecule has 0 saturated carbocycles. The average molecular weight is 601 g/mol. The second kappa shape index (κ2) is 12.8. The summed E-state index contributed by atoms with van der Waals surface area (Å²) in [6.45, 7) is 1.73. The Balaban J connectivity index is 1.78. The van der Waals surface area contributed by atoms with Crippen molar-refractivity contribution < 1.29 is 23.5 Å². The van der Waals surface area contributed by atoms with Crippen LogP contribution >= 0.6 is 15.9 Å². The molecule has 39 heavy (non-hydrogen) atoms. The molecule has 1 unspecified atom stereocenters. The number of halogens is 3. The van der Waals surface area contributed by atoms with Gasteiger partial charge < -0.3 is 20.6 Å². The van der Waals surface area contributed by atoms with Crippen LogP contribution in [0.4, 0.5) is 14.5 Å². The first kappa shape index (κ1) is 28.2. The van der Waals surface area contributed by atoms with Gasteiger partial charge in [0, 0.05) is 40.8 Å². The zero-order chi connectivity index (χ0) is 27.9. The zero-order valence-corrected chi connectivity index (χ0v) is 22.7. The van der Waals surface area contributed by atoms with Crippen molar-refractivity contribution in [1.29, 1.82) is 0 Å². The van der Waals surface area contributed by atoms with E-state index in [-0.39, 0.29) is 42.2 Å². The highest BCUT2D eigenvalue weighted by atomic mass is 79.9. The van der Waals surface area contributed by atoms with Gasteiger partial charge in [-0.3, -0.25) is 9.59 Å². The molecule has 0 aliphatic carbocycles. The number of hydrogen-bond acceptors (Lipinski definition) is 6. The number of aliphatic hydroxyl groups excluding tert-OH is 1. The number of nitrogens with one attached hydrogen (secondary N) is 2. The number of aliphatic hydroxyl groups is 1. The minimum atomic E-state index is -0.827. The molecule has 2 aromatic carbocycles. The summed E-state index contributed by atoms with van der Waals surface area (Å²) in [5, 5.41) is 16.3. The van der Waals surface area contributed by atoms with Gasteiger partial charge in [0.1, 0.15) is 23.8 Å². The fraction of sp³-hybridized carbons (Fsp3) is 0.250. The fourth-order valence-electron chi connectivity index (χ4n) is 4.03. The first-order valence-electron chi connectivity index (χ1n) is 12.3. The molecule has 2 heterocycles. The predicted octanol–water partition coefficient (Wildman–Crippen LogP) is 4.57. The lowest BCUT2D eigenvalue weighted by atomic mass is 10.1. The molecule has 4 aromatic rings. The van der Waals surface area contributed by atoms with Crippen LogP contribution < -0.4 is 21.0 Å². The summed E-state index contributed by atoms with van der Waals surface area (Å²) in [4.78, 5) is 37.4. The summed E-state index contributed by atoms with van der Waals surface area (Å²) >= 11 is 3.39. The van der Waals surface area contributed by atoms with Crippen LogP contribution in [0.2, 0.25) is 0 Å². The van der Waals surface area contributed by atoms with Crippen molar-refractivity contribution in [2.24, 2.45) is 0 Å². The van der Waals surface area contributed by atoms with E-state index in [1.54, 1.807) is 6.07 Å². The molecule has 0 radical (unpaired) electrons. The normalized spacial score (nSPS) is 11.8. The van der Waals surface area contributed by atoms with Gasteiger partial charge in [0.25, 0.3) is 11.5 Å². The molecule has 3 N–H and O–H groups in total. The van der Waals surface area contributed by atoms with E-state index in [1.165, 1.54) is 12.3 Å². The smallest absolute Gasteiger partial charge is 0.300 e. The summed E-state index contributed by atoms with van der Waals surface area (Å²) in [7, 11) is 0. The molecule has 2 aromatic heterocycles. The topological polar surface area (TPSA) is 105 Å². The van der Waals surface area contributed by atoms with E-state index >= 15 is 0 Å². The van der Waals surface area contributed by atoms with E-state index in [1.807, 2.05) is 37.3 Å². The zero-order valence-electron chi connectivity index (χ0n) is 21.1. The number of anilines is 1. The predicted molar refractivity (Wildman–Crippen MR) is 147 cm³/mol. The van der Waals surface area contributed by atoms with Crippen molar-refractivity contribution in [3.05, 3.63) is 104 Å². The lowest BCUT2D eigenvalue weighted by Crippen LogP contribution is -2.37. The number of rotatable bonds is 11. The van der Waals surface area contributed by atoms with Crippen LogP contribution in [-0.4, -0.2) is 33.4 Å². The minimum Gasteiger partial charge on any atom is -0.404 e. The van der Waals surface area contributed by atoms with Crippen LogP contribution in [0, 0.1) is 11.6 Å². The van der Waals surface area contributed by atoms with E-state index in [2.05, 4.69) is 31.5 Å². The lowest BCUT2D eigenvalue weighted by Gasteiger charge is -2.20. The Kier molecular flexibility index (Phi) is 9.26. The van der Waals surface area contributed by atoms with E-state index in [0.29, 0.717) is 22.3 Å². The molecule has 0 aliphatic heterocycles. The van der Waals surface area contributed by atoms with Crippen LogP contribution in [0.25, 0.3) is 11.0 Å². The highest BCUT2D eigenvalue weighted by Crippen LogP contribution is 2.27. The molecular formula is C28H27BrF2N4O4. The van der Waals surface area contributed by atoms with E-state index < -0.39 is 29.2 Å². The SMILES string of the molecule is CCCC(O)CNc1c(C(=O)NCc2ccc(F)cc2F)c(=O)n(OCc2ccccc2)c2ncc(Br)cc12. The quantitative estimate of drug-likeness (QED) is 0.233. The molecule has 0 bridgehead atoms. The molecular weight excluding hydrogens is 574 g/mol. The number of aromatic nitrogens is 2. The maximum atomic E-state index is 14.2. The molecule has 1 amide bonds. The van der Waals surface area contributed by atoms with Gasteiger partial charge >= 0.3 is 0 Å². The average Bonchev–Trinajstić information content (AvgIpc) is 2.91. The third-order valence-electron chi connectivity index (χ3n) is 5.96. The van der Waals surface area contributed by atoms with Gasteiger partial charge in [0.2, 0.25) is 0 Å². The first-order chi connectivity index (χ1) is 18.8. The largest absolute Gasteiger partial charge is 0.404 e. The van der Waals surface area contributed by atoms with Crippen molar-refractivity contribution in [3.63, 3.8) is 0 Å². The number of nitrogens with zero attached hydrogens (tertiary/aromatic N) is 2. The third-order valence-corrected chi connectivity index (χ3v) is 6.40. The van der Waals surface area contributed by atoms with E-state index in [4.69, 9.17) is 4.84 Å². The Morgan fingerprint density at radius 3 is 2.67 bits per heavy atom. The monoisotopic (exact) mass is 600 g/mol. The van der Waals surface area contributed by atoms with Crippen molar-refractivity contribution in [2.75, 3.05) is 11.9 Å². The molecule has 0 saturated heterocycles. The van der Waals surface area contributed by atoms with Gasteiger partial charge in [-0.1, -0.05) is 49.7 Å². The molecule has 4 rings (SSSR count). The lowest BCUT2D eigenvalue weighted by molar-refractivity contribution is 0.0897. The summed E-state index contributed by atoms with van der Waals surface area (Å²) in [5.74, 6) is -2.38. The number of fused-ring (bicyclic) bond motifs is 1. The first-order valence-corrected chi connectivity index (χ1v) is 13.1. The molecule has 1 atom stereocenters. The van der Waals surface area contributed by atoms with Gasteiger partial charge in [-0.15, -0.1) is 4.73 Å². The number of carbonyl (C=O) groups excluding carboxylic acids is 1. The molecule has 0 spiro atoms. The second-order valence-corrected chi connectivity index (χ2v) is 9.79. The van der Waals surface area contributed by atoms with Crippen LogP contribution in [0.1, 0.15) is 41.3 Å². The van der Waals surface area contributed by atoms with Gasteiger partial charge in [-0.05, 0) is 40.0 Å². The third kappa shape index (κ3) is 6.79.